The number of nitrogens with zero attached hydrogens (tertiary/aromatic N) is 1. The Balaban J connectivity index is 1.70. The second kappa shape index (κ2) is 8.78. The van der Waals surface area contributed by atoms with Crippen molar-refractivity contribution >= 4 is 33.4 Å². The van der Waals surface area contributed by atoms with E-state index in [2.05, 4.69) is 22.9 Å². The van der Waals surface area contributed by atoms with Gasteiger partial charge in [-0.15, -0.1) is 0 Å². The van der Waals surface area contributed by atoms with E-state index in [-0.39, 0.29) is 5.91 Å². The van der Waals surface area contributed by atoms with Gasteiger partial charge in [0.05, 0.1) is 11.6 Å². The van der Waals surface area contributed by atoms with Crippen LogP contribution in [0.15, 0.2) is 22.7 Å². The molecule has 122 valence electrons. The molecule has 1 amide bonds. The second-order valence-electron chi connectivity index (χ2n) is 5.94. The molecule has 1 aliphatic rings. The van der Waals surface area contributed by atoms with Gasteiger partial charge < -0.3 is 9.64 Å². The molecular formula is C17H23BrClNO2. The van der Waals surface area contributed by atoms with Crippen LogP contribution in [0.5, 0.6) is 5.75 Å². The summed E-state index contributed by atoms with van der Waals surface area (Å²) in [4.78, 5) is 14.2. The highest BCUT2D eigenvalue weighted by Gasteiger charge is 2.17. The average molecular weight is 389 g/mol. The van der Waals surface area contributed by atoms with E-state index in [4.69, 9.17) is 16.3 Å². The Kier molecular flexibility index (Phi) is 7.03. The van der Waals surface area contributed by atoms with Crippen molar-refractivity contribution in [1.29, 1.82) is 0 Å². The number of amides is 1. The van der Waals surface area contributed by atoms with Crippen LogP contribution in [0, 0.1) is 5.92 Å². The maximum Gasteiger partial charge on any atom is 0.222 e. The van der Waals surface area contributed by atoms with E-state index < -0.39 is 0 Å². The molecule has 1 aliphatic heterocycles. The van der Waals surface area contributed by atoms with Gasteiger partial charge in [0.1, 0.15) is 5.75 Å². The van der Waals surface area contributed by atoms with Gasteiger partial charge in [-0.3, -0.25) is 4.79 Å². The summed E-state index contributed by atoms with van der Waals surface area (Å²) in [7, 11) is 0. The molecule has 22 heavy (non-hydrogen) atoms. The van der Waals surface area contributed by atoms with Crippen molar-refractivity contribution in [3.05, 3.63) is 27.7 Å². The van der Waals surface area contributed by atoms with Gasteiger partial charge in [0, 0.05) is 24.0 Å². The maximum absolute atomic E-state index is 12.2. The van der Waals surface area contributed by atoms with E-state index in [1.807, 2.05) is 17.0 Å². The molecule has 1 saturated heterocycles. The Morgan fingerprint density at radius 3 is 3.00 bits per heavy atom. The summed E-state index contributed by atoms with van der Waals surface area (Å²) in [5.41, 5.74) is 0. The number of hydrogen-bond acceptors (Lipinski definition) is 2. The molecule has 1 atom stereocenters. The number of hydrogen-bond donors (Lipinski definition) is 0. The quantitative estimate of drug-likeness (QED) is 0.671. The number of likely N-dealkylation sites (tertiary alicyclic amines) is 1. The normalized spacial score (nSPS) is 18.9. The van der Waals surface area contributed by atoms with Gasteiger partial charge in [0.25, 0.3) is 0 Å². The standard InChI is InChI=1S/C17H23BrClNO2/c1-13-4-2-9-20(10-8-13)17(21)5-3-11-22-16-7-6-14(18)12-15(16)19/h6-7,12-13H,2-5,8-11H2,1H3. The lowest BCUT2D eigenvalue weighted by Crippen LogP contribution is -2.32. The number of benzene rings is 1. The van der Waals surface area contributed by atoms with Crippen LogP contribution in [0.25, 0.3) is 0 Å². The van der Waals surface area contributed by atoms with Crippen molar-refractivity contribution in [1.82, 2.24) is 4.90 Å². The fraction of sp³-hybridized carbons (Fsp3) is 0.588. The molecule has 1 unspecified atom stereocenters. The zero-order valence-electron chi connectivity index (χ0n) is 13.0. The van der Waals surface area contributed by atoms with E-state index >= 15 is 0 Å². The summed E-state index contributed by atoms with van der Waals surface area (Å²) in [6.45, 7) is 4.59. The van der Waals surface area contributed by atoms with Crippen LogP contribution in [0.3, 0.4) is 0 Å². The third-order valence-corrected chi connectivity index (χ3v) is 4.84. The van der Waals surface area contributed by atoms with Gasteiger partial charge in [-0.2, -0.15) is 0 Å². The third-order valence-electron chi connectivity index (χ3n) is 4.06. The van der Waals surface area contributed by atoms with Crippen molar-refractivity contribution < 1.29 is 9.53 Å². The van der Waals surface area contributed by atoms with E-state index in [0.29, 0.717) is 23.8 Å². The van der Waals surface area contributed by atoms with E-state index in [9.17, 15) is 4.79 Å². The molecule has 1 fully saturated rings. The maximum atomic E-state index is 12.2. The minimum Gasteiger partial charge on any atom is -0.492 e. The van der Waals surface area contributed by atoms with Gasteiger partial charge in [-0.1, -0.05) is 34.5 Å². The first-order valence-electron chi connectivity index (χ1n) is 7.92. The van der Waals surface area contributed by atoms with E-state index in [1.54, 1.807) is 6.07 Å². The molecule has 0 saturated carbocycles. The molecule has 2 rings (SSSR count). The highest BCUT2D eigenvalue weighted by molar-refractivity contribution is 9.10. The zero-order chi connectivity index (χ0) is 15.9. The summed E-state index contributed by atoms with van der Waals surface area (Å²) < 4.78 is 6.57. The number of carbonyl (C=O) groups excluding carboxylic acids is 1. The molecule has 1 aromatic carbocycles. The molecule has 1 aromatic rings. The molecule has 1 heterocycles. The summed E-state index contributed by atoms with van der Waals surface area (Å²) in [5.74, 6) is 1.65. The second-order valence-corrected chi connectivity index (χ2v) is 7.27. The monoisotopic (exact) mass is 387 g/mol. The number of carbonyl (C=O) groups is 1. The van der Waals surface area contributed by atoms with Crippen LogP contribution in [-0.2, 0) is 4.79 Å². The molecule has 0 N–H and O–H groups in total. The lowest BCUT2D eigenvalue weighted by molar-refractivity contribution is -0.131. The van der Waals surface area contributed by atoms with Crippen LogP contribution >= 0.6 is 27.5 Å². The summed E-state index contributed by atoms with van der Waals surface area (Å²) in [5, 5.41) is 0.585. The lowest BCUT2D eigenvalue weighted by atomic mass is 10.0. The van der Waals surface area contributed by atoms with Crippen LogP contribution in [0.4, 0.5) is 0 Å². The fourth-order valence-corrected chi connectivity index (χ4v) is 3.40. The van der Waals surface area contributed by atoms with Crippen LogP contribution in [0.2, 0.25) is 5.02 Å². The molecule has 0 spiro atoms. The molecule has 3 nitrogen and oxygen atoms in total. The Hall–Kier alpha value is -0.740. The highest BCUT2D eigenvalue weighted by Crippen LogP contribution is 2.27. The molecule has 0 aliphatic carbocycles. The molecule has 0 aromatic heterocycles. The van der Waals surface area contributed by atoms with Gasteiger partial charge >= 0.3 is 0 Å². The van der Waals surface area contributed by atoms with Crippen LogP contribution in [0.1, 0.15) is 39.0 Å². The molecular weight excluding hydrogens is 366 g/mol. The third kappa shape index (κ3) is 5.47. The van der Waals surface area contributed by atoms with Gasteiger partial charge in [0.2, 0.25) is 5.91 Å². The van der Waals surface area contributed by atoms with Crippen molar-refractivity contribution in [3.63, 3.8) is 0 Å². The van der Waals surface area contributed by atoms with Crippen molar-refractivity contribution in [2.75, 3.05) is 19.7 Å². The number of rotatable bonds is 5. The first-order chi connectivity index (χ1) is 10.6. The van der Waals surface area contributed by atoms with Crippen LogP contribution in [-0.4, -0.2) is 30.5 Å². The largest absolute Gasteiger partial charge is 0.492 e. The summed E-state index contributed by atoms with van der Waals surface area (Å²) in [6, 6.07) is 5.54. The Morgan fingerprint density at radius 1 is 1.41 bits per heavy atom. The van der Waals surface area contributed by atoms with E-state index in [1.165, 1.54) is 6.42 Å². The minimum atomic E-state index is 0.250. The fourth-order valence-electron chi connectivity index (χ4n) is 2.67. The topological polar surface area (TPSA) is 29.5 Å². The minimum absolute atomic E-state index is 0.250. The lowest BCUT2D eigenvalue weighted by Gasteiger charge is -2.20. The summed E-state index contributed by atoms with van der Waals surface area (Å²) >= 11 is 9.46. The van der Waals surface area contributed by atoms with Crippen LogP contribution < -0.4 is 4.74 Å². The van der Waals surface area contributed by atoms with E-state index in [0.717, 1.165) is 42.7 Å². The van der Waals surface area contributed by atoms with Crippen molar-refractivity contribution in [2.45, 2.75) is 39.0 Å². The predicted octanol–water partition coefficient (Wildman–Crippen LogP) is 4.91. The Labute approximate surface area is 146 Å². The molecule has 5 heteroatoms. The Morgan fingerprint density at radius 2 is 2.23 bits per heavy atom. The van der Waals surface area contributed by atoms with Gasteiger partial charge in [-0.05, 0) is 49.8 Å². The average Bonchev–Trinajstić information content (AvgIpc) is 2.70. The number of ether oxygens (including phenoxy) is 1. The SMILES string of the molecule is CC1CCCN(C(=O)CCCOc2ccc(Br)cc2Cl)CC1. The molecule has 0 bridgehead atoms. The Bertz CT molecular complexity index is 509. The first-order valence-corrected chi connectivity index (χ1v) is 9.09. The highest BCUT2D eigenvalue weighted by atomic mass is 79.9. The first kappa shape index (κ1) is 17.6. The zero-order valence-corrected chi connectivity index (χ0v) is 15.3. The van der Waals surface area contributed by atoms with Crippen molar-refractivity contribution in [2.24, 2.45) is 5.92 Å². The predicted molar refractivity (Wildman–Crippen MR) is 93.5 cm³/mol. The summed E-state index contributed by atoms with van der Waals surface area (Å²) in [6.07, 6.45) is 4.74. The van der Waals surface area contributed by atoms with Gasteiger partial charge in [0.15, 0.2) is 0 Å². The molecule has 0 radical (unpaired) electrons. The number of halogens is 2. The van der Waals surface area contributed by atoms with Crippen molar-refractivity contribution in [3.8, 4) is 5.75 Å². The smallest absolute Gasteiger partial charge is 0.222 e. The van der Waals surface area contributed by atoms with Gasteiger partial charge in [-0.25, -0.2) is 0 Å².